The summed E-state index contributed by atoms with van der Waals surface area (Å²) in [7, 11) is 0. The summed E-state index contributed by atoms with van der Waals surface area (Å²) in [5.41, 5.74) is -0.226. The van der Waals surface area contributed by atoms with Crippen molar-refractivity contribution < 1.29 is 14.3 Å². The van der Waals surface area contributed by atoms with Crippen LogP contribution in [0.3, 0.4) is 0 Å². The first-order chi connectivity index (χ1) is 13.6. The van der Waals surface area contributed by atoms with Crippen LogP contribution < -0.4 is 0 Å². The molecule has 0 spiro atoms. The van der Waals surface area contributed by atoms with Crippen LogP contribution in [0.25, 0.3) is 0 Å². The summed E-state index contributed by atoms with van der Waals surface area (Å²) in [6, 6.07) is 10.5. The fraction of sp³-hybridized carbons (Fsp3) is 0.409. The van der Waals surface area contributed by atoms with Gasteiger partial charge in [0.2, 0.25) is 0 Å². The maximum Gasteiger partial charge on any atom is 0.410 e. The number of aromatic nitrogens is 1. The first-order valence-corrected chi connectivity index (χ1v) is 10.3. The number of ketones is 1. The Bertz CT molecular complexity index is 902. The summed E-state index contributed by atoms with van der Waals surface area (Å²) in [5, 5.41) is 0.828. The number of piperidine rings is 1. The van der Waals surface area contributed by atoms with E-state index in [-0.39, 0.29) is 11.9 Å². The number of Topliss-reactive ketones (excluding diaryl/α,β-unsaturated/α-hetero) is 1. The van der Waals surface area contributed by atoms with E-state index in [1.165, 1.54) is 0 Å². The molecule has 154 valence electrons. The number of ether oxygens (including phenoxy) is 1. The van der Waals surface area contributed by atoms with E-state index in [4.69, 9.17) is 27.9 Å². The number of halogens is 2. The van der Waals surface area contributed by atoms with Crippen molar-refractivity contribution in [2.24, 2.45) is 0 Å². The monoisotopic (exact) mass is 434 g/mol. The van der Waals surface area contributed by atoms with Crippen molar-refractivity contribution in [1.29, 1.82) is 0 Å². The van der Waals surface area contributed by atoms with Crippen molar-refractivity contribution in [3.8, 4) is 0 Å². The highest BCUT2D eigenvalue weighted by Gasteiger charge is 2.45. The fourth-order valence-electron chi connectivity index (χ4n) is 3.58. The van der Waals surface area contributed by atoms with E-state index in [1.54, 1.807) is 41.4 Å². The van der Waals surface area contributed by atoms with Gasteiger partial charge in [-0.2, -0.15) is 0 Å². The van der Waals surface area contributed by atoms with Gasteiger partial charge in [0.1, 0.15) is 11.3 Å². The molecule has 1 aliphatic rings. The Labute approximate surface area is 181 Å². The minimum atomic E-state index is -0.832. The zero-order chi connectivity index (χ0) is 21.2. The highest BCUT2D eigenvalue weighted by molar-refractivity contribution is 6.42. The molecule has 0 aliphatic carbocycles. The van der Waals surface area contributed by atoms with E-state index in [9.17, 15) is 9.59 Å². The molecule has 3 rings (SSSR count). The highest BCUT2D eigenvalue weighted by atomic mass is 35.5. The molecule has 0 saturated carbocycles. The fourth-order valence-corrected chi connectivity index (χ4v) is 3.88. The number of amides is 1. The second kappa shape index (κ2) is 8.33. The predicted molar refractivity (Wildman–Crippen MR) is 114 cm³/mol. The molecule has 29 heavy (non-hydrogen) atoms. The number of rotatable bonds is 3. The third-order valence-corrected chi connectivity index (χ3v) is 5.81. The van der Waals surface area contributed by atoms with Crippen LogP contribution in [-0.2, 0) is 10.2 Å². The number of nitrogens with zero attached hydrogens (tertiary/aromatic N) is 2. The van der Waals surface area contributed by atoms with Crippen LogP contribution in [0, 0.1) is 0 Å². The zero-order valence-corrected chi connectivity index (χ0v) is 18.3. The average molecular weight is 435 g/mol. The van der Waals surface area contributed by atoms with Crippen LogP contribution in [-0.4, -0.2) is 40.5 Å². The van der Waals surface area contributed by atoms with Crippen molar-refractivity contribution in [2.75, 3.05) is 13.1 Å². The van der Waals surface area contributed by atoms with Gasteiger partial charge in [-0.05, 0) is 63.4 Å². The molecule has 0 bridgehead atoms. The molecule has 5 nitrogen and oxygen atoms in total. The number of hydrogen-bond acceptors (Lipinski definition) is 4. The first kappa shape index (κ1) is 21.6. The largest absolute Gasteiger partial charge is 0.444 e. The summed E-state index contributed by atoms with van der Waals surface area (Å²) in [6.45, 7) is 6.29. The standard InChI is InChI=1S/C22H24Cl2N2O3/c1-21(2,3)29-20(28)26-12-9-22(10-13-26,15-7-8-16(23)17(24)14-15)19(27)18-6-4-5-11-25-18/h4-8,11,14H,9-10,12-13H2,1-3H3. The van der Waals surface area contributed by atoms with Crippen molar-refractivity contribution in [3.05, 3.63) is 63.9 Å². The number of carbonyl (C=O) groups excluding carboxylic acids is 2. The van der Waals surface area contributed by atoms with E-state index in [2.05, 4.69) is 4.98 Å². The molecular formula is C22H24Cl2N2O3. The van der Waals surface area contributed by atoms with Gasteiger partial charge in [0.05, 0.1) is 15.5 Å². The van der Waals surface area contributed by atoms with Crippen molar-refractivity contribution in [1.82, 2.24) is 9.88 Å². The third kappa shape index (κ3) is 4.73. The van der Waals surface area contributed by atoms with Crippen molar-refractivity contribution in [2.45, 2.75) is 44.6 Å². The van der Waals surface area contributed by atoms with Crippen molar-refractivity contribution >= 4 is 35.1 Å². The van der Waals surface area contributed by atoms with Gasteiger partial charge in [-0.3, -0.25) is 9.78 Å². The van der Waals surface area contributed by atoms with Gasteiger partial charge >= 0.3 is 6.09 Å². The Morgan fingerprint density at radius 3 is 2.31 bits per heavy atom. The molecule has 2 aromatic rings. The molecule has 1 fully saturated rings. The van der Waals surface area contributed by atoms with E-state index in [0.717, 1.165) is 5.56 Å². The number of benzene rings is 1. The maximum atomic E-state index is 13.6. The predicted octanol–water partition coefficient (Wildman–Crippen LogP) is 5.54. The summed E-state index contributed by atoms with van der Waals surface area (Å²) >= 11 is 12.3. The maximum absolute atomic E-state index is 13.6. The molecule has 1 aromatic carbocycles. The molecule has 2 heterocycles. The second-order valence-corrected chi connectivity index (χ2v) is 9.04. The molecule has 1 aliphatic heterocycles. The molecule has 0 unspecified atom stereocenters. The van der Waals surface area contributed by atoms with Crippen LogP contribution in [0.4, 0.5) is 4.79 Å². The Kier molecular flexibility index (Phi) is 6.20. The lowest BCUT2D eigenvalue weighted by Crippen LogP contribution is -2.50. The normalized spacial score (nSPS) is 16.4. The SMILES string of the molecule is CC(C)(C)OC(=O)N1CCC(C(=O)c2ccccn2)(c2ccc(Cl)c(Cl)c2)CC1. The first-order valence-electron chi connectivity index (χ1n) is 9.52. The van der Waals surface area contributed by atoms with E-state index in [0.29, 0.717) is 41.7 Å². The topological polar surface area (TPSA) is 59.5 Å². The summed E-state index contributed by atoms with van der Waals surface area (Å²) < 4.78 is 5.48. The van der Waals surface area contributed by atoms with Crippen LogP contribution in [0.1, 0.15) is 49.7 Å². The van der Waals surface area contributed by atoms with Crippen molar-refractivity contribution in [3.63, 3.8) is 0 Å². The zero-order valence-electron chi connectivity index (χ0n) is 16.7. The summed E-state index contributed by atoms with van der Waals surface area (Å²) in [4.78, 5) is 31.9. The molecular weight excluding hydrogens is 411 g/mol. The third-order valence-electron chi connectivity index (χ3n) is 5.07. The molecule has 0 atom stereocenters. The van der Waals surface area contributed by atoms with Gasteiger partial charge in [0.15, 0.2) is 5.78 Å². The number of likely N-dealkylation sites (tertiary alicyclic amines) is 1. The molecule has 0 N–H and O–H groups in total. The minimum absolute atomic E-state index is 0.0830. The van der Waals surface area contributed by atoms with Gasteiger partial charge in [0, 0.05) is 19.3 Å². The van der Waals surface area contributed by atoms with Crippen LogP contribution in [0.2, 0.25) is 10.0 Å². The molecule has 0 radical (unpaired) electrons. The second-order valence-electron chi connectivity index (χ2n) is 8.22. The van der Waals surface area contributed by atoms with E-state index >= 15 is 0 Å². The Balaban J connectivity index is 1.93. The van der Waals surface area contributed by atoms with E-state index < -0.39 is 11.0 Å². The van der Waals surface area contributed by atoms with Crippen LogP contribution in [0.15, 0.2) is 42.6 Å². The minimum Gasteiger partial charge on any atom is -0.444 e. The summed E-state index contributed by atoms with van der Waals surface area (Å²) in [5.74, 6) is -0.0830. The van der Waals surface area contributed by atoms with Gasteiger partial charge in [-0.25, -0.2) is 4.79 Å². The Morgan fingerprint density at radius 1 is 1.07 bits per heavy atom. The number of pyridine rings is 1. The molecule has 1 saturated heterocycles. The quantitative estimate of drug-likeness (QED) is 0.594. The van der Waals surface area contributed by atoms with Crippen LogP contribution >= 0.6 is 23.2 Å². The number of carbonyl (C=O) groups is 2. The van der Waals surface area contributed by atoms with Gasteiger partial charge in [-0.1, -0.05) is 35.3 Å². The van der Waals surface area contributed by atoms with Crippen LogP contribution in [0.5, 0.6) is 0 Å². The molecule has 1 amide bonds. The lowest BCUT2D eigenvalue weighted by atomic mass is 9.69. The van der Waals surface area contributed by atoms with Gasteiger partial charge in [0.25, 0.3) is 0 Å². The smallest absolute Gasteiger partial charge is 0.410 e. The Morgan fingerprint density at radius 2 is 1.76 bits per heavy atom. The highest BCUT2D eigenvalue weighted by Crippen LogP contribution is 2.40. The summed E-state index contributed by atoms with van der Waals surface area (Å²) in [6.07, 6.45) is 2.12. The Hall–Kier alpha value is -2.11. The molecule has 7 heteroatoms. The lowest BCUT2D eigenvalue weighted by Gasteiger charge is -2.41. The lowest BCUT2D eigenvalue weighted by molar-refractivity contribution is 0.0161. The molecule has 1 aromatic heterocycles. The van der Waals surface area contributed by atoms with Gasteiger partial charge in [-0.15, -0.1) is 0 Å². The van der Waals surface area contributed by atoms with Gasteiger partial charge < -0.3 is 9.64 Å². The number of hydrogen-bond donors (Lipinski definition) is 0. The average Bonchev–Trinajstić information content (AvgIpc) is 2.69. The van der Waals surface area contributed by atoms with E-state index in [1.807, 2.05) is 26.8 Å².